The Balaban J connectivity index is 2.01. The molecule has 0 saturated carbocycles. The maximum Gasteiger partial charge on any atom is 0.255 e. The summed E-state index contributed by atoms with van der Waals surface area (Å²) in [5, 5.41) is 3.10. The van der Waals surface area contributed by atoms with E-state index in [1.54, 1.807) is 0 Å². The molecule has 0 aliphatic heterocycles. The average molecular weight is 558 g/mol. The second-order valence-electron chi connectivity index (χ2n) is 9.48. The van der Waals surface area contributed by atoms with Gasteiger partial charge in [-0.1, -0.05) is 109 Å². The lowest BCUT2D eigenvalue weighted by atomic mass is 9.98. The van der Waals surface area contributed by atoms with Gasteiger partial charge in [0.1, 0.15) is 5.75 Å². The van der Waals surface area contributed by atoms with Crippen molar-refractivity contribution in [3.8, 4) is 5.75 Å². The number of hydrogen-bond donors (Lipinski definition) is 1. The summed E-state index contributed by atoms with van der Waals surface area (Å²) in [6, 6.07) is 2.08. The molecule has 0 radical (unpaired) electrons. The molecular formula is C28H48INO2. The van der Waals surface area contributed by atoms with E-state index in [1.165, 1.54) is 96.3 Å². The van der Waals surface area contributed by atoms with Crippen LogP contribution in [-0.4, -0.2) is 12.5 Å². The van der Waals surface area contributed by atoms with Gasteiger partial charge < -0.3 is 8.38 Å². The third-order valence-electron chi connectivity index (χ3n) is 6.60. The van der Waals surface area contributed by atoms with Crippen LogP contribution in [0.3, 0.4) is 0 Å². The second kappa shape index (κ2) is 18.6. The van der Waals surface area contributed by atoms with Crippen LogP contribution in [0.25, 0.3) is 0 Å². The summed E-state index contributed by atoms with van der Waals surface area (Å²) in [6.45, 7) is 9.06. The number of carbonyl (C=O) groups is 1. The first-order chi connectivity index (χ1) is 15.5. The minimum atomic E-state index is -0.0121. The van der Waals surface area contributed by atoms with Crippen LogP contribution in [0.15, 0.2) is 6.07 Å². The average Bonchev–Trinajstić information content (AvgIpc) is 2.77. The fraction of sp³-hybridized carbons (Fsp3) is 0.750. The predicted molar refractivity (Wildman–Crippen MR) is 147 cm³/mol. The van der Waals surface area contributed by atoms with Crippen LogP contribution in [0.4, 0.5) is 0 Å². The number of carbonyl (C=O) groups excluding carboxylic acids is 1. The van der Waals surface area contributed by atoms with E-state index >= 15 is 0 Å². The molecule has 1 rings (SSSR count). The molecule has 0 heterocycles. The number of nitrogens with one attached hydrogen (secondary N) is 1. The van der Waals surface area contributed by atoms with Crippen LogP contribution in [0.5, 0.6) is 5.75 Å². The molecule has 184 valence electrons. The summed E-state index contributed by atoms with van der Waals surface area (Å²) in [5.74, 6) is 0.681. The summed E-state index contributed by atoms with van der Waals surface area (Å²) in [6.07, 6.45) is 21.8. The van der Waals surface area contributed by atoms with Gasteiger partial charge in [0, 0.05) is 6.54 Å². The summed E-state index contributed by atoms with van der Waals surface area (Å²) < 4.78 is 5.48. The molecule has 0 bridgehead atoms. The van der Waals surface area contributed by atoms with E-state index in [1.807, 2.05) is 43.8 Å². The van der Waals surface area contributed by atoms with Crippen LogP contribution in [0, 0.1) is 20.8 Å². The molecule has 0 aromatic heterocycles. The Morgan fingerprint density at radius 2 is 1.19 bits per heavy atom. The molecule has 0 atom stereocenters. The lowest BCUT2D eigenvalue weighted by Gasteiger charge is -2.15. The normalized spacial score (nSPS) is 11.0. The largest absolute Gasteiger partial charge is 0.427 e. The van der Waals surface area contributed by atoms with E-state index in [4.69, 9.17) is 3.07 Å². The number of amides is 1. The van der Waals surface area contributed by atoms with Crippen molar-refractivity contribution in [2.75, 3.05) is 6.54 Å². The van der Waals surface area contributed by atoms with Gasteiger partial charge in [-0.15, -0.1) is 0 Å². The van der Waals surface area contributed by atoms with Crippen molar-refractivity contribution in [2.45, 2.75) is 130 Å². The van der Waals surface area contributed by atoms with Crippen molar-refractivity contribution in [1.29, 1.82) is 0 Å². The van der Waals surface area contributed by atoms with Crippen molar-refractivity contribution >= 4 is 28.9 Å². The highest BCUT2D eigenvalue weighted by Gasteiger charge is 2.19. The Morgan fingerprint density at radius 1 is 0.750 bits per heavy atom. The summed E-state index contributed by atoms with van der Waals surface area (Å²) >= 11 is 1.87. The van der Waals surface area contributed by atoms with Crippen LogP contribution < -0.4 is 8.38 Å². The maximum absolute atomic E-state index is 12.7. The van der Waals surface area contributed by atoms with Crippen LogP contribution in [-0.2, 0) is 0 Å². The topological polar surface area (TPSA) is 38.3 Å². The van der Waals surface area contributed by atoms with Gasteiger partial charge in [-0.25, -0.2) is 0 Å². The number of aryl methyl sites for hydroxylation is 2. The predicted octanol–water partition coefficient (Wildman–Crippen LogP) is 9.33. The maximum atomic E-state index is 12.7. The van der Waals surface area contributed by atoms with Crippen LogP contribution >= 0.6 is 23.0 Å². The molecule has 1 N–H and O–H groups in total. The molecule has 32 heavy (non-hydrogen) atoms. The zero-order valence-corrected chi connectivity index (χ0v) is 23.5. The first kappa shape index (κ1) is 29.3. The molecule has 1 amide bonds. The monoisotopic (exact) mass is 557 g/mol. The number of hydrogen-bond acceptors (Lipinski definition) is 2. The number of benzene rings is 1. The third-order valence-corrected chi connectivity index (χ3v) is 7.05. The SMILES string of the molecule is CCCCCCCCCCCCCCCCCCNC(=O)c1c(C)c(C)cc(C)c1OI. The molecule has 4 heteroatoms. The Kier molecular flexibility index (Phi) is 17.0. The van der Waals surface area contributed by atoms with Gasteiger partial charge in [-0.2, -0.15) is 0 Å². The van der Waals surface area contributed by atoms with Gasteiger partial charge in [-0.3, -0.25) is 4.79 Å². The minimum Gasteiger partial charge on any atom is -0.427 e. The Labute approximate surface area is 212 Å². The molecule has 1 aromatic rings. The van der Waals surface area contributed by atoms with Gasteiger partial charge in [0.15, 0.2) is 23.0 Å². The first-order valence-electron chi connectivity index (χ1n) is 13.2. The van der Waals surface area contributed by atoms with Crippen molar-refractivity contribution < 1.29 is 7.86 Å². The number of rotatable bonds is 19. The Morgan fingerprint density at radius 3 is 1.62 bits per heavy atom. The molecule has 0 unspecified atom stereocenters. The quantitative estimate of drug-likeness (QED) is 0.136. The first-order valence-corrected chi connectivity index (χ1v) is 14.1. The zero-order chi connectivity index (χ0) is 23.6. The van der Waals surface area contributed by atoms with Crippen molar-refractivity contribution in [1.82, 2.24) is 5.32 Å². The van der Waals surface area contributed by atoms with Gasteiger partial charge >= 0.3 is 0 Å². The minimum absolute atomic E-state index is 0.0121. The molecular weight excluding hydrogens is 509 g/mol. The Hall–Kier alpha value is -0.780. The molecule has 0 aliphatic rings. The highest BCUT2D eigenvalue weighted by atomic mass is 127. The van der Waals surface area contributed by atoms with Crippen LogP contribution in [0.2, 0.25) is 0 Å². The second-order valence-corrected chi connectivity index (χ2v) is 9.92. The highest BCUT2D eigenvalue weighted by molar-refractivity contribution is 14.1. The molecule has 0 spiro atoms. The highest BCUT2D eigenvalue weighted by Crippen LogP contribution is 2.30. The lowest BCUT2D eigenvalue weighted by Crippen LogP contribution is -2.26. The van der Waals surface area contributed by atoms with Gasteiger partial charge in [0.05, 0.1) is 5.56 Å². The molecule has 3 nitrogen and oxygen atoms in total. The van der Waals surface area contributed by atoms with Gasteiger partial charge in [-0.05, 0) is 43.9 Å². The van der Waals surface area contributed by atoms with Crippen molar-refractivity contribution in [3.63, 3.8) is 0 Å². The standard InChI is InChI=1S/C28H48INO2/c1-5-6-7-8-9-10-11-12-13-14-15-16-17-18-19-20-21-30-28(31)26-25(4)23(2)22-24(3)27(26)32-29/h22H,5-21H2,1-4H3,(H,30,31). The zero-order valence-electron chi connectivity index (χ0n) is 21.3. The fourth-order valence-electron chi connectivity index (χ4n) is 4.40. The van der Waals surface area contributed by atoms with Crippen LogP contribution in [0.1, 0.15) is 137 Å². The van der Waals surface area contributed by atoms with Crippen molar-refractivity contribution in [2.24, 2.45) is 0 Å². The van der Waals surface area contributed by atoms with E-state index in [-0.39, 0.29) is 5.91 Å². The summed E-state index contributed by atoms with van der Waals surface area (Å²) in [5.41, 5.74) is 3.84. The van der Waals surface area contributed by atoms with Gasteiger partial charge in [0.2, 0.25) is 0 Å². The molecule has 0 fully saturated rings. The van der Waals surface area contributed by atoms with E-state index in [9.17, 15) is 4.79 Å². The lowest BCUT2D eigenvalue weighted by molar-refractivity contribution is 0.0951. The Bertz CT molecular complexity index is 645. The fourth-order valence-corrected chi connectivity index (χ4v) is 4.97. The number of unbranched alkanes of at least 4 members (excludes halogenated alkanes) is 15. The molecule has 0 aliphatic carbocycles. The summed E-state index contributed by atoms with van der Waals surface area (Å²) in [4.78, 5) is 12.7. The van der Waals surface area contributed by atoms with E-state index in [2.05, 4.69) is 18.3 Å². The van der Waals surface area contributed by atoms with E-state index in [0.717, 1.165) is 29.7 Å². The van der Waals surface area contributed by atoms with Gasteiger partial charge in [0.25, 0.3) is 5.91 Å². The molecule has 1 aromatic carbocycles. The van der Waals surface area contributed by atoms with E-state index in [0.29, 0.717) is 11.3 Å². The summed E-state index contributed by atoms with van der Waals surface area (Å²) in [7, 11) is 0. The third kappa shape index (κ3) is 11.9. The molecule has 0 saturated heterocycles. The van der Waals surface area contributed by atoms with Crippen molar-refractivity contribution in [3.05, 3.63) is 28.3 Å². The van der Waals surface area contributed by atoms with E-state index < -0.39 is 0 Å². The smallest absolute Gasteiger partial charge is 0.255 e. The number of halogens is 1.